The van der Waals surface area contributed by atoms with Crippen LogP contribution in [0, 0.1) is 0 Å². The molecule has 0 rings (SSSR count). The lowest BCUT2D eigenvalue weighted by Gasteiger charge is -2.07. The quantitative estimate of drug-likeness (QED) is 0.593. The molecule has 0 aromatic heterocycles. The molecule has 0 spiro atoms. The van der Waals surface area contributed by atoms with Crippen molar-refractivity contribution in [2.45, 2.75) is 42.8 Å². The first-order chi connectivity index (χ1) is 4.66. The topological polar surface area (TPSA) is 0 Å². The van der Waals surface area contributed by atoms with E-state index in [9.17, 15) is 0 Å². The van der Waals surface area contributed by atoms with Crippen LogP contribution in [0.1, 0.15) is 32.6 Å². The molecule has 0 unspecified atom stereocenters. The van der Waals surface area contributed by atoms with Gasteiger partial charge in [0.1, 0.15) is 4.84 Å². The highest BCUT2D eigenvalue weighted by Crippen LogP contribution is 2.18. The maximum absolute atomic E-state index is 5.89. The molecule has 3 heteroatoms. The van der Waals surface area contributed by atoms with Crippen LogP contribution >= 0.6 is 34.8 Å². The van der Waals surface area contributed by atoms with Gasteiger partial charge in [-0.25, -0.2) is 0 Å². The van der Waals surface area contributed by atoms with Crippen LogP contribution < -0.4 is 0 Å². The molecule has 0 fully saturated rings. The van der Waals surface area contributed by atoms with Gasteiger partial charge in [-0.1, -0.05) is 19.8 Å². The zero-order valence-electron chi connectivity index (χ0n) is 6.12. The molecule has 0 aliphatic rings. The zero-order valence-corrected chi connectivity index (χ0v) is 8.38. The molecular formula is C7H13Cl3. The summed E-state index contributed by atoms with van der Waals surface area (Å²) in [4.78, 5) is -0.306. The summed E-state index contributed by atoms with van der Waals surface area (Å²) in [7, 11) is 0. The van der Waals surface area contributed by atoms with Gasteiger partial charge in [-0.15, -0.1) is 34.8 Å². The van der Waals surface area contributed by atoms with Gasteiger partial charge in [0.2, 0.25) is 0 Å². The molecule has 0 aliphatic heterocycles. The summed E-state index contributed by atoms with van der Waals surface area (Å²) in [5.74, 6) is 0. The summed E-state index contributed by atoms with van der Waals surface area (Å²) in [6.07, 6.45) is 4.06. The lowest BCUT2D eigenvalue weighted by molar-refractivity contribution is 0.657. The molecule has 0 saturated carbocycles. The average Bonchev–Trinajstić information content (AvgIpc) is 1.82. The van der Waals surface area contributed by atoms with E-state index in [0.717, 1.165) is 12.8 Å². The monoisotopic (exact) mass is 202 g/mol. The normalized spacial score (nSPS) is 14.1. The van der Waals surface area contributed by atoms with Crippen LogP contribution in [0.25, 0.3) is 0 Å². The van der Waals surface area contributed by atoms with E-state index >= 15 is 0 Å². The van der Waals surface area contributed by atoms with Gasteiger partial charge < -0.3 is 0 Å². The Morgan fingerprint density at radius 1 is 1.20 bits per heavy atom. The molecule has 0 heterocycles. The van der Waals surface area contributed by atoms with E-state index in [4.69, 9.17) is 34.8 Å². The highest BCUT2D eigenvalue weighted by atomic mass is 35.5. The fourth-order valence-corrected chi connectivity index (χ4v) is 1.68. The fourth-order valence-electron chi connectivity index (χ4n) is 0.737. The molecule has 0 saturated heterocycles. The number of hydrogen-bond acceptors (Lipinski definition) is 0. The maximum atomic E-state index is 5.89. The van der Waals surface area contributed by atoms with Crippen molar-refractivity contribution in [1.29, 1.82) is 0 Å². The summed E-state index contributed by atoms with van der Waals surface area (Å²) in [5.41, 5.74) is 0. The third kappa shape index (κ3) is 6.98. The third-order valence-corrected chi connectivity index (χ3v) is 2.06. The van der Waals surface area contributed by atoms with Crippen molar-refractivity contribution in [1.82, 2.24) is 0 Å². The van der Waals surface area contributed by atoms with Crippen LogP contribution in [0.3, 0.4) is 0 Å². The van der Waals surface area contributed by atoms with Gasteiger partial charge in [-0.05, 0) is 12.8 Å². The van der Waals surface area contributed by atoms with Crippen molar-refractivity contribution < 1.29 is 0 Å². The number of alkyl halides is 3. The summed E-state index contributed by atoms with van der Waals surface area (Å²) >= 11 is 17.0. The van der Waals surface area contributed by atoms with Crippen LogP contribution in [0.2, 0.25) is 0 Å². The first kappa shape index (κ1) is 10.9. The number of rotatable bonds is 5. The van der Waals surface area contributed by atoms with Gasteiger partial charge in [0.05, 0.1) is 0 Å². The Morgan fingerprint density at radius 2 is 1.80 bits per heavy atom. The molecule has 0 aromatic carbocycles. The van der Waals surface area contributed by atoms with Crippen molar-refractivity contribution in [2.75, 3.05) is 0 Å². The minimum Gasteiger partial charge on any atom is -0.123 e. The SMILES string of the molecule is CCCC[C@H](Cl)CC(Cl)Cl. The molecule has 0 radical (unpaired) electrons. The lowest BCUT2D eigenvalue weighted by atomic mass is 10.2. The average molecular weight is 204 g/mol. The fraction of sp³-hybridized carbons (Fsp3) is 1.00. The van der Waals surface area contributed by atoms with Gasteiger partial charge >= 0.3 is 0 Å². The van der Waals surface area contributed by atoms with Gasteiger partial charge in [-0.2, -0.15) is 0 Å². The van der Waals surface area contributed by atoms with E-state index in [1.807, 2.05) is 0 Å². The molecule has 0 N–H and O–H groups in total. The Balaban J connectivity index is 3.16. The zero-order chi connectivity index (χ0) is 7.98. The molecule has 0 nitrogen and oxygen atoms in total. The van der Waals surface area contributed by atoms with E-state index in [2.05, 4.69) is 6.92 Å². The molecular weight excluding hydrogens is 190 g/mol. The van der Waals surface area contributed by atoms with Crippen molar-refractivity contribution in [3.63, 3.8) is 0 Å². The molecule has 0 aliphatic carbocycles. The predicted octanol–water partition coefficient (Wildman–Crippen LogP) is 3.98. The van der Waals surface area contributed by atoms with E-state index < -0.39 is 0 Å². The van der Waals surface area contributed by atoms with Gasteiger partial charge in [-0.3, -0.25) is 0 Å². The Kier molecular flexibility index (Phi) is 7.14. The number of halogens is 3. The van der Waals surface area contributed by atoms with E-state index in [1.54, 1.807) is 0 Å². The predicted molar refractivity (Wildman–Crippen MR) is 49.3 cm³/mol. The summed E-state index contributed by atoms with van der Waals surface area (Å²) in [5, 5.41) is 0.153. The Bertz CT molecular complexity index is 73.3. The van der Waals surface area contributed by atoms with Crippen LogP contribution in [-0.2, 0) is 0 Å². The van der Waals surface area contributed by atoms with Crippen molar-refractivity contribution in [2.24, 2.45) is 0 Å². The Labute approximate surface area is 77.8 Å². The summed E-state index contributed by atoms with van der Waals surface area (Å²) in [6.45, 7) is 2.14. The van der Waals surface area contributed by atoms with Gasteiger partial charge in [0, 0.05) is 5.38 Å². The van der Waals surface area contributed by atoms with Crippen LogP contribution in [0.5, 0.6) is 0 Å². The minimum atomic E-state index is -0.306. The summed E-state index contributed by atoms with van der Waals surface area (Å²) < 4.78 is 0. The molecule has 62 valence electrons. The van der Waals surface area contributed by atoms with E-state index in [-0.39, 0.29) is 10.2 Å². The maximum Gasteiger partial charge on any atom is 0.109 e. The van der Waals surface area contributed by atoms with Gasteiger partial charge in [0.25, 0.3) is 0 Å². The molecule has 10 heavy (non-hydrogen) atoms. The van der Waals surface area contributed by atoms with Crippen molar-refractivity contribution in [3.8, 4) is 0 Å². The van der Waals surface area contributed by atoms with Gasteiger partial charge in [0.15, 0.2) is 0 Å². The minimum absolute atomic E-state index is 0.153. The first-order valence-corrected chi connectivity index (χ1v) is 4.90. The van der Waals surface area contributed by atoms with Crippen molar-refractivity contribution >= 4 is 34.8 Å². The molecule has 0 amide bonds. The molecule has 0 bridgehead atoms. The highest BCUT2D eigenvalue weighted by molar-refractivity contribution is 6.44. The second kappa shape index (κ2) is 6.57. The smallest absolute Gasteiger partial charge is 0.109 e. The highest BCUT2D eigenvalue weighted by Gasteiger charge is 2.08. The van der Waals surface area contributed by atoms with Crippen LogP contribution in [-0.4, -0.2) is 10.2 Å². The Morgan fingerprint density at radius 3 is 2.20 bits per heavy atom. The van der Waals surface area contributed by atoms with E-state index in [0.29, 0.717) is 6.42 Å². The number of hydrogen-bond donors (Lipinski definition) is 0. The second-order valence-electron chi connectivity index (χ2n) is 2.37. The standard InChI is InChI=1S/C7H13Cl3/c1-2-3-4-6(8)5-7(9)10/h6-7H,2-5H2,1H3/t6-/m0/s1. The second-order valence-corrected chi connectivity index (χ2v) is 4.26. The first-order valence-electron chi connectivity index (χ1n) is 3.59. The van der Waals surface area contributed by atoms with Crippen molar-refractivity contribution in [3.05, 3.63) is 0 Å². The van der Waals surface area contributed by atoms with Crippen LogP contribution in [0.15, 0.2) is 0 Å². The Hall–Kier alpha value is 0.870. The largest absolute Gasteiger partial charge is 0.123 e. The molecule has 1 atom stereocenters. The van der Waals surface area contributed by atoms with E-state index in [1.165, 1.54) is 6.42 Å². The molecule has 0 aromatic rings. The third-order valence-electron chi connectivity index (χ3n) is 1.30. The van der Waals surface area contributed by atoms with Crippen LogP contribution in [0.4, 0.5) is 0 Å². The number of unbranched alkanes of at least 4 members (excludes halogenated alkanes) is 1. The summed E-state index contributed by atoms with van der Waals surface area (Å²) in [6, 6.07) is 0. The lowest BCUT2D eigenvalue weighted by Crippen LogP contribution is -2.02.